The molecular weight excluding hydrogens is 414 g/mol. The predicted octanol–water partition coefficient (Wildman–Crippen LogP) is 3.45. The lowest BCUT2D eigenvalue weighted by Gasteiger charge is -2.20. The average Bonchev–Trinajstić information content (AvgIpc) is 3.15. The summed E-state index contributed by atoms with van der Waals surface area (Å²) < 4.78 is 1.12. The fraction of sp³-hybridized carbons (Fsp3) is 0.409. The molecule has 2 aromatic carbocycles. The fourth-order valence-corrected chi connectivity index (χ4v) is 3.73. The van der Waals surface area contributed by atoms with Gasteiger partial charge in [-0.2, -0.15) is 0 Å². The number of hydrogen-bond donors (Lipinski definition) is 2. The van der Waals surface area contributed by atoms with E-state index in [-0.39, 0.29) is 0 Å². The molecule has 0 bridgehead atoms. The Labute approximate surface area is 177 Å². The molecule has 0 radical (unpaired) electrons. The molecule has 1 saturated heterocycles. The molecule has 0 spiro atoms. The smallest absolute Gasteiger partial charge is 0.191 e. The van der Waals surface area contributed by atoms with Crippen LogP contribution in [0.4, 0.5) is 5.69 Å². The van der Waals surface area contributed by atoms with Gasteiger partial charge in [-0.25, -0.2) is 0 Å². The highest BCUT2D eigenvalue weighted by atomic mass is 79.9. The molecule has 0 saturated carbocycles. The molecule has 2 N–H and O–H groups in total. The Morgan fingerprint density at radius 1 is 1.11 bits per heavy atom. The fourth-order valence-electron chi connectivity index (χ4n) is 3.47. The molecule has 0 amide bonds. The standard InChI is InChI=1S/C22H30BrN5/c1-24-22(25-14-17-4-6-18(7-5-17)15-27(2)3)26-20-12-13-28(16-20)21-10-8-19(23)9-11-21/h4-11,20H,12-16H2,1-3H3,(H2,24,25,26). The van der Waals surface area contributed by atoms with E-state index in [1.165, 1.54) is 16.8 Å². The molecule has 6 heteroatoms. The highest BCUT2D eigenvalue weighted by Gasteiger charge is 2.23. The summed E-state index contributed by atoms with van der Waals surface area (Å²) in [4.78, 5) is 8.99. The molecule has 0 aliphatic carbocycles. The average molecular weight is 444 g/mol. The van der Waals surface area contributed by atoms with Crippen LogP contribution < -0.4 is 15.5 Å². The van der Waals surface area contributed by atoms with E-state index in [9.17, 15) is 0 Å². The minimum Gasteiger partial charge on any atom is -0.369 e. The number of nitrogens with zero attached hydrogens (tertiary/aromatic N) is 3. The Morgan fingerprint density at radius 3 is 2.43 bits per heavy atom. The van der Waals surface area contributed by atoms with Crippen molar-refractivity contribution in [3.63, 3.8) is 0 Å². The van der Waals surface area contributed by atoms with Crippen molar-refractivity contribution in [3.05, 3.63) is 64.1 Å². The summed E-state index contributed by atoms with van der Waals surface area (Å²) >= 11 is 3.50. The summed E-state index contributed by atoms with van der Waals surface area (Å²) in [5.41, 5.74) is 3.86. The second-order valence-electron chi connectivity index (χ2n) is 7.53. The number of benzene rings is 2. The van der Waals surface area contributed by atoms with Crippen LogP contribution in [0.15, 0.2) is 58.0 Å². The number of halogens is 1. The summed E-state index contributed by atoms with van der Waals surface area (Å²) in [5.74, 6) is 0.861. The van der Waals surface area contributed by atoms with Crippen molar-refractivity contribution in [2.45, 2.75) is 25.6 Å². The Bertz CT molecular complexity index is 771. The molecule has 3 rings (SSSR count). The molecule has 1 unspecified atom stereocenters. The van der Waals surface area contributed by atoms with Crippen LogP contribution >= 0.6 is 15.9 Å². The van der Waals surface area contributed by atoms with E-state index in [0.29, 0.717) is 6.04 Å². The Kier molecular flexibility index (Phi) is 7.34. The van der Waals surface area contributed by atoms with Gasteiger partial charge >= 0.3 is 0 Å². The van der Waals surface area contributed by atoms with Gasteiger partial charge in [-0.1, -0.05) is 40.2 Å². The van der Waals surface area contributed by atoms with Crippen LogP contribution in [0, 0.1) is 0 Å². The predicted molar refractivity (Wildman–Crippen MR) is 122 cm³/mol. The van der Waals surface area contributed by atoms with Crippen molar-refractivity contribution in [1.29, 1.82) is 0 Å². The minimum absolute atomic E-state index is 0.400. The molecule has 1 atom stereocenters. The third kappa shape index (κ3) is 5.97. The van der Waals surface area contributed by atoms with Gasteiger partial charge in [-0.15, -0.1) is 0 Å². The molecule has 2 aromatic rings. The first-order valence-corrected chi connectivity index (χ1v) is 10.5. The van der Waals surface area contributed by atoms with Gasteiger partial charge in [0.25, 0.3) is 0 Å². The molecule has 0 aromatic heterocycles. The second-order valence-corrected chi connectivity index (χ2v) is 8.45. The number of guanidine groups is 1. The van der Waals surface area contributed by atoms with Gasteiger partial charge in [-0.3, -0.25) is 4.99 Å². The Hall–Kier alpha value is -2.05. The highest BCUT2D eigenvalue weighted by molar-refractivity contribution is 9.10. The van der Waals surface area contributed by atoms with Gasteiger partial charge in [0, 0.05) is 49.4 Å². The topological polar surface area (TPSA) is 42.9 Å². The van der Waals surface area contributed by atoms with Crippen LogP contribution in [0.1, 0.15) is 17.5 Å². The zero-order valence-electron chi connectivity index (χ0n) is 17.0. The lowest BCUT2D eigenvalue weighted by molar-refractivity contribution is 0.402. The normalized spacial score (nSPS) is 17.2. The van der Waals surface area contributed by atoms with E-state index >= 15 is 0 Å². The van der Waals surface area contributed by atoms with Gasteiger partial charge < -0.3 is 20.4 Å². The first-order chi connectivity index (χ1) is 13.5. The van der Waals surface area contributed by atoms with Crippen LogP contribution in [0.25, 0.3) is 0 Å². The SMILES string of the molecule is CN=C(NCc1ccc(CN(C)C)cc1)NC1CCN(c2ccc(Br)cc2)C1. The Morgan fingerprint density at radius 2 is 1.79 bits per heavy atom. The van der Waals surface area contributed by atoms with E-state index < -0.39 is 0 Å². The number of rotatable bonds is 6. The van der Waals surface area contributed by atoms with Crippen LogP contribution in [0.5, 0.6) is 0 Å². The minimum atomic E-state index is 0.400. The van der Waals surface area contributed by atoms with E-state index in [2.05, 4.69) is 104 Å². The zero-order chi connectivity index (χ0) is 19.9. The van der Waals surface area contributed by atoms with Gasteiger partial charge in [0.05, 0.1) is 0 Å². The van der Waals surface area contributed by atoms with Crippen molar-refractivity contribution in [2.75, 3.05) is 39.1 Å². The molecule has 1 fully saturated rings. The van der Waals surface area contributed by atoms with Crippen LogP contribution in [-0.4, -0.2) is 51.1 Å². The first kappa shape index (κ1) is 20.7. The molecule has 5 nitrogen and oxygen atoms in total. The molecule has 28 heavy (non-hydrogen) atoms. The molecule has 1 heterocycles. The first-order valence-electron chi connectivity index (χ1n) is 9.74. The third-order valence-electron chi connectivity index (χ3n) is 4.93. The van der Waals surface area contributed by atoms with Crippen molar-refractivity contribution in [1.82, 2.24) is 15.5 Å². The second kappa shape index (κ2) is 9.94. The summed E-state index contributed by atoms with van der Waals surface area (Å²) in [6.45, 7) is 3.78. The van der Waals surface area contributed by atoms with E-state index in [1.54, 1.807) is 0 Å². The maximum absolute atomic E-state index is 4.40. The number of aliphatic imine (C=N–C) groups is 1. The van der Waals surface area contributed by atoms with Gasteiger partial charge in [0.1, 0.15) is 0 Å². The largest absolute Gasteiger partial charge is 0.369 e. The third-order valence-corrected chi connectivity index (χ3v) is 5.45. The van der Waals surface area contributed by atoms with Crippen molar-refractivity contribution in [3.8, 4) is 0 Å². The van der Waals surface area contributed by atoms with Crippen molar-refractivity contribution < 1.29 is 0 Å². The van der Waals surface area contributed by atoms with Crippen molar-refractivity contribution in [2.24, 2.45) is 4.99 Å². The van der Waals surface area contributed by atoms with Crippen LogP contribution in [-0.2, 0) is 13.1 Å². The summed E-state index contributed by atoms with van der Waals surface area (Å²) in [7, 11) is 6.01. The lowest BCUT2D eigenvalue weighted by Crippen LogP contribution is -2.44. The van der Waals surface area contributed by atoms with Crippen LogP contribution in [0.3, 0.4) is 0 Å². The molecule has 150 valence electrons. The summed E-state index contributed by atoms with van der Waals surface area (Å²) in [6, 6.07) is 17.7. The lowest BCUT2D eigenvalue weighted by atomic mass is 10.1. The van der Waals surface area contributed by atoms with Crippen molar-refractivity contribution >= 4 is 27.6 Å². The molecule has 1 aliphatic heterocycles. The van der Waals surface area contributed by atoms with E-state index in [4.69, 9.17) is 0 Å². The maximum atomic E-state index is 4.40. The van der Waals surface area contributed by atoms with Gasteiger partial charge in [0.15, 0.2) is 5.96 Å². The number of hydrogen-bond acceptors (Lipinski definition) is 3. The quantitative estimate of drug-likeness (QED) is 0.529. The zero-order valence-corrected chi connectivity index (χ0v) is 18.5. The van der Waals surface area contributed by atoms with Crippen LogP contribution in [0.2, 0.25) is 0 Å². The molecular formula is C22H30BrN5. The van der Waals surface area contributed by atoms with Gasteiger partial charge in [-0.05, 0) is 55.9 Å². The van der Waals surface area contributed by atoms with Gasteiger partial charge in [0.2, 0.25) is 0 Å². The Balaban J connectivity index is 1.47. The highest BCUT2D eigenvalue weighted by Crippen LogP contribution is 2.22. The number of anilines is 1. The molecule has 1 aliphatic rings. The number of nitrogens with one attached hydrogen (secondary N) is 2. The van der Waals surface area contributed by atoms with E-state index in [1.807, 2.05) is 7.05 Å². The monoisotopic (exact) mass is 443 g/mol. The van der Waals surface area contributed by atoms with E-state index in [0.717, 1.165) is 43.0 Å². The summed E-state index contributed by atoms with van der Waals surface area (Å²) in [5, 5.41) is 7.00. The summed E-state index contributed by atoms with van der Waals surface area (Å²) in [6.07, 6.45) is 1.11. The maximum Gasteiger partial charge on any atom is 0.191 e.